The lowest BCUT2D eigenvalue weighted by Gasteiger charge is -2.13. The van der Waals surface area contributed by atoms with Gasteiger partial charge in [0, 0.05) is 43.3 Å². The van der Waals surface area contributed by atoms with Crippen molar-refractivity contribution in [3.63, 3.8) is 0 Å². The summed E-state index contributed by atoms with van der Waals surface area (Å²) in [6.45, 7) is 1.91. The molecule has 1 N–H and O–H groups in total. The average Bonchev–Trinajstić information content (AvgIpc) is 3.22. The molecule has 8 nitrogen and oxygen atoms in total. The largest absolute Gasteiger partial charge is 0.438 e. The van der Waals surface area contributed by atoms with E-state index in [0.29, 0.717) is 28.7 Å². The van der Waals surface area contributed by atoms with E-state index in [0.717, 1.165) is 11.4 Å². The van der Waals surface area contributed by atoms with Crippen molar-refractivity contribution in [3.05, 3.63) is 84.2 Å². The van der Waals surface area contributed by atoms with E-state index in [1.165, 1.54) is 0 Å². The predicted octanol–water partition coefficient (Wildman–Crippen LogP) is 4.08. The van der Waals surface area contributed by atoms with Gasteiger partial charge in [0.1, 0.15) is 5.75 Å². The molecule has 0 aliphatic heterocycles. The second kappa shape index (κ2) is 8.66. The number of aromatic nitrogens is 4. The third kappa shape index (κ3) is 4.87. The Kier molecular flexibility index (Phi) is 5.61. The summed E-state index contributed by atoms with van der Waals surface area (Å²) in [7, 11) is 3.87. The minimum Gasteiger partial charge on any atom is -0.438 e. The van der Waals surface area contributed by atoms with Gasteiger partial charge in [-0.05, 0) is 61.5 Å². The highest BCUT2D eigenvalue weighted by atomic mass is 16.5. The fourth-order valence-electron chi connectivity index (χ4n) is 2.89. The summed E-state index contributed by atoms with van der Waals surface area (Å²) in [6.07, 6.45) is 1.82. The van der Waals surface area contributed by atoms with Gasteiger partial charge in [0.05, 0.1) is 5.69 Å². The second-order valence-corrected chi connectivity index (χ2v) is 7.16. The minimum absolute atomic E-state index is 0.173. The lowest BCUT2D eigenvalue weighted by molar-refractivity contribution is 0.102. The van der Waals surface area contributed by atoms with Gasteiger partial charge in [0.25, 0.3) is 5.91 Å². The number of carbonyl (C=O) groups is 1. The first-order chi connectivity index (χ1) is 15.0. The van der Waals surface area contributed by atoms with Gasteiger partial charge in [-0.15, -0.1) is 10.2 Å². The molecule has 2 aromatic heterocycles. The Hall–Kier alpha value is -4.20. The summed E-state index contributed by atoms with van der Waals surface area (Å²) in [5.74, 6) is 1.39. The highest BCUT2D eigenvalue weighted by molar-refractivity contribution is 6.04. The summed E-state index contributed by atoms with van der Waals surface area (Å²) >= 11 is 0. The standard InChI is InChI=1S/C23H22N6O2/c1-16-13-14-29(27-16)21-11-12-22(26-25-21)31-20-9-7-18(8-10-20)24-23(30)17-5-4-6-19(15-17)28(2)3/h4-15H,1-3H3,(H,24,30). The van der Waals surface area contributed by atoms with Gasteiger partial charge < -0.3 is 15.0 Å². The van der Waals surface area contributed by atoms with Crippen molar-refractivity contribution in [1.29, 1.82) is 0 Å². The number of nitrogens with zero attached hydrogens (tertiary/aromatic N) is 5. The van der Waals surface area contributed by atoms with E-state index in [2.05, 4.69) is 20.6 Å². The first kappa shape index (κ1) is 20.1. The van der Waals surface area contributed by atoms with Crippen LogP contribution in [0.25, 0.3) is 5.82 Å². The number of nitrogens with one attached hydrogen (secondary N) is 1. The van der Waals surface area contributed by atoms with Crippen LogP contribution in [0.4, 0.5) is 11.4 Å². The molecule has 0 bridgehead atoms. The SMILES string of the molecule is Cc1ccn(-c2ccc(Oc3ccc(NC(=O)c4cccc(N(C)C)c4)cc3)nn2)n1. The summed E-state index contributed by atoms with van der Waals surface area (Å²) in [5.41, 5.74) is 3.13. The van der Waals surface area contributed by atoms with E-state index in [9.17, 15) is 4.79 Å². The van der Waals surface area contributed by atoms with Crippen molar-refractivity contribution in [2.75, 3.05) is 24.3 Å². The van der Waals surface area contributed by atoms with E-state index >= 15 is 0 Å². The molecule has 0 atom stereocenters. The predicted molar refractivity (Wildman–Crippen MR) is 119 cm³/mol. The topological polar surface area (TPSA) is 85.2 Å². The molecular formula is C23H22N6O2. The van der Waals surface area contributed by atoms with E-state index in [1.54, 1.807) is 47.1 Å². The minimum atomic E-state index is -0.173. The van der Waals surface area contributed by atoms with Gasteiger partial charge in [0.15, 0.2) is 5.82 Å². The van der Waals surface area contributed by atoms with Crippen molar-refractivity contribution < 1.29 is 9.53 Å². The zero-order valence-electron chi connectivity index (χ0n) is 17.5. The number of amides is 1. The molecule has 4 rings (SSSR count). The zero-order chi connectivity index (χ0) is 21.8. The molecule has 0 saturated carbocycles. The van der Waals surface area contributed by atoms with Gasteiger partial charge in [-0.25, -0.2) is 4.68 Å². The molecule has 0 aliphatic rings. The monoisotopic (exact) mass is 414 g/mol. The van der Waals surface area contributed by atoms with Crippen LogP contribution < -0.4 is 15.0 Å². The number of benzene rings is 2. The maximum absolute atomic E-state index is 12.5. The Bertz CT molecular complexity index is 1180. The number of hydrogen-bond acceptors (Lipinski definition) is 6. The Balaban J connectivity index is 1.39. The molecule has 2 aromatic carbocycles. The number of rotatable bonds is 6. The van der Waals surface area contributed by atoms with Crippen LogP contribution >= 0.6 is 0 Å². The number of anilines is 2. The Morgan fingerprint density at radius 1 is 1.00 bits per heavy atom. The van der Waals surface area contributed by atoms with Crippen LogP contribution in [0, 0.1) is 6.92 Å². The molecule has 31 heavy (non-hydrogen) atoms. The van der Waals surface area contributed by atoms with Gasteiger partial charge in [-0.2, -0.15) is 5.10 Å². The Morgan fingerprint density at radius 2 is 1.81 bits per heavy atom. The van der Waals surface area contributed by atoms with Crippen LogP contribution in [0.5, 0.6) is 11.6 Å². The zero-order valence-corrected chi connectivity index (χ0v) is 17.5. The third-order valence-corrected chi connectivity index (χ3v) is 4.54. The van der Waals surface area contributed by atoms with Crippen molar-refractivity contribution in [2.24, 2.45) is 0 Å². The van der Waals surface area contributed by atoms with E-state index in [1.807, 2.05) is 56.4 Å². The molecule has 8 heteroatoms. The van der Waals surface area contributed by atoms with E-state index in [-0.39, 0.29) is 5.91 Å². The number of ether oxygens (including phenoxy) is 1. The van der Waals surface area contributed by atoms with Gasteiger partial charge >= 0.3 is 0 Å². The second-order valence-electron chi connectivity index (χ2n) is 7.16. The molecule has 0 fully saturated rings. The van der Waals surface area contributed by atoms with Crippen LogP contribution in [-0.2, 0) is 0 Å². The normalized spacial score (nSPS) is 10.5. The summed E-state index contributed by atoms with van der Waals surface area (Å²) in [4.78, 5) is 14.5. The molecule has 0 aliphatic carbocycles. The fraction of sp³-hybridized carbons (Fsp3) is 0.130. The van der Waals surface area contributed by atoms with Gasteiger partial charge in [-0.3, -0.25) is 4.79 Å². The van der Waals surface area contributed by atoms with Crippen molar-refractivity contribution in [1.82, 2.24) is 20.0 Å². The van der Waals surface area contributed by atoms with Crippen LogP contribution in [-0.4, -0.2) is 40.0 Å². The van der Waals surface area contributed by atoms with Crippen LogP contribution in [0.2, 0.25) is 0 Å². The molecule has 4 aromatic rings. The van der Waals surface area contributed by atoms with Crippen LogP contribution in [0.15, 0.2) is 72.9 Å². The Labute approximate surface area is 180 Å². The molecule has 1 amide bonds. The maximum Gasteiger partial charge on any atom is 0.255 e. The molecule has 0 radical (unpaired) electrons. The lowest BCUT2D eigenvalue weighted by atomic mass is 10.1. The van der Waals surface area contributed by atoms with Crippen LogP contribution in [0.1, 0.15) is 16.1 Å². The molecular weight excluding hydrogens is 392 g/mol. The molecule has 0 spiro atoms. The average molecular weight is 414 g/mol. The highest BCUT2D eigenvalue weighted by Gasteiger charge is 2.08. The van der Waals surface area contributed by atoms with E-state index in [4.69, 9.17) is 4.74 Å². The quantitative estimate of drug-likeness (QED) is 0.512. The molecule has 0 saturated heterocycles. The first-order valence-electron chi connectivity index (χ1n) is 9.71. The number of carbonyl (C=O) groups excluding carboxylic acids is 1. The number of aryl methyl sites for hydroxylation is 1. The highest BCUT2D eigenvalue weighted by Crippen LogP contribution is 2.22. The summed E-state index contributed by atoms with van der Waals surface area (Å²) < 4.78 is 7.39. The Morgan fingerprint density at radius 3 is 2.45 bits per heavy atom. The smallest absolute Gasteiger partial charge is 0.255 e. The summed E-state index contributed by atoms with van der Waals surface area (Å²) in [6, 6.07) is 19.9. The van der Waals surface area contributed by atoms with Crippen LogP contribution in [0.3, 0.4) is 0 Å². The van der Waals surface area contributed by atoms with Crippen molar-refractivity contribution >= 4 is 17.3 Å². The van der Waals surface area contributed by atoms with Crippen molar-refractivity contribution in [2.45, 2.75) is 6.92 Å². The molecule has 2 heterocycles. The number of hydrogen-bond donors (Lipinski definition) is 1. The first-order valence-corrected chi connectivity index (χ1v) is 9.71. The lowest BCUT2D eigenvalue weighted by Crippen LogP contribution is -2.14. The molecule has 156 valence electrons. The summed E-state index contributed by atoms with van der Waals surface area (Å²) in [5, 5.41) is 15.4. The van der Waals surface area contributed by atoms with E-state index < -0.39 is 0 Å². The fourth-order valence-corrected chi connectivity index (χ4v) is 2.89. The van der Waals surface area contributed by atoms with Gasteiger partial charge in [0.2, 0.25) is 5.88 Å². The molecule has 0 unspecified atom stereocenters. The van der Waals surface area contributed by atoms with Crippen molar-refractivity contribution in [3.8, 4) is 17.4 Å². The third-order valence-electron chi connectivity index (χ3n) is 4.54. The van der Waals surface area contributed by atoms with Gasteiger partial charge in [-0.1, -0.05) is 6.07 Å². The maximum atomic E-state index is 12.5.